The van der Waals surface area contributed by atoms with Crippen molar-refractivity contribution in [3.63, 3.8) is 0 Å². The molecule has 0 atom stereocenters. The van der Waals surface area contributed by atoms with E-state index in [-0.39, 0.29) is 11.4 Å². The summed E-state index contributed by atoms with van der Waals surface area (Å²) in [5.74, 6) is 5.88. The fourth-order valence-corrected chi connectivity index (χ4v) is 1.97. The van der Waals surface area contributed by atoms with Crippen LogP contribution in [-0.2, 0) is 0 Å². The van der Waals surface area contributed by atoms with E-state index in [0.29, 0.717) is 11.2 Å². The van der Waals surface area contributed by atoms with Gasteiger partial charge in [0.2, 0.25) is 0 Å². The standard InChI is InChI=1S/C15H18FN3/c1-15(2,3)18-14(19-17)12-8-9-13(16)11-7-5-4-6-10(11)12/h4-9H,17H2,1-3H3,(H,18,19). The first-order valence-electron chi connectivity index (χ1n) is 6.16. The van der Waals surface area contributed by atoms with E-state index in [1.807, 2.05) is 39.0 Å². The molecule has 0 saturated carbocycles. The summed E-state index contributed by atoms with van der Waals surface area (Å²) in [7, 11) is 0. The van der Waals surface area contributed by atoms with Crippen LogP contribution in [0, 0.1) is 5.82 Å². The van der Waals surface area contributed by atoms with Crippen LogP contribution in [0.3, 0.4) is 0 Å². The molecule has 0 bridgehead atoms. The number of nitrogens with zero attached hydrogens (tertiary/aromatic N) is 1. The fraction of sp³-hybridized carbons (Fsp3) is 0.267. The molecule has 0 heterocycles. The molecule has 3 N–H and O–H groups in total. The number of nitrogens with two attached hydrogens (primary N) is 1. The van der Waals surface area contributed by atoms with Crippen LogP contribution in [0.25, 0.3) is 10.8 Å². The first kappa shape index (κ1) is 13.5. The number of benzene rings is 2. The molecule has 100 valence electrons. The van der Waals surface area contributed by atoms with Crippen molar-refractivity contribution in [3.8, 4) is 0 Å². The molecule has 0 spiro atoms. The predicted molar refractivity (Wildman–Crippen MR) is 77.5 cm³/mol. The van der Waals surface area contributed by atoms with Crippen molar-refractivity contribution in [2.75, 3.05) is 0 Å². The van der Waals surface area contributed by atoms with E-state index in [0.717, 1.165) is 10.9 Å². The molecule has 0 amide bonds. The highest BCUT2D eigenvalue weighted by Gasteiger charge is 2.14. The maximum atomic E-state index is 13.8. The van der Waals surface area contributed by atoms with Crippen molar-refractivity contribution < 1.29 is 4.39 Å². The van der Waals surface area contributed by atoms with Gasteiger partial charge in [-0.3, -0.25) is 4.99 Å². The molecule has 0 aliphatic rings. The normalized spacial score (nSPS) is 12.8. The Labute approximate surface area is 112 Å². The van der Waals surface area contributed by atoms with E-state index < -0.39 is 0 Å². The van der Waals surface area contributed by atoms with Gasteiger partial charge in [-0.2, -0.15) is 0 Å². The highest BCUT2D eigenvalue weighted by Crippen LogP contribution is 2.22. The third-order valence-electron chi connectivity index (χ3n) is 2.71. The Morgan fingerprint density at radius 2 is 1.74 bits per heavy atom. The van der Waals surface area contributed by atoms with E-state index in [9.17, 15) is 4.39 Å². The summed E-state index contributed by atoms with van der Waals surface area (Å²) >= 11 is 0. The van der Waals surface area contributed by atoms with Crippen LogP contribution < -0.4 is 11.3 Å². The maximum absolute atomic E-state index is 13.8. The first-order chi connectivity index (χ1) is 8.92. The monoisotopic (exact) mass is 259 g/mol. The first-order valence-corrected chi connectivity index (χ1v) is 6.16. The van der Waals surface area contributed by atoms with Crippen LogP contribution >= 0.6 is 0 Å². The van der Waals surface area contributed by atoms with Gasteiger partial charge < -0.3 is 5.43 Å². The third-order valence-corrected chi connectivity index (χ3v) is 2.71. The number of aliphatic imine (C=N–C) groups is 1. The minimum Gasteiger partial charge on any atom is -0.308 e. The zero-order valence-electron chi connectivity index (χ0n) is 11.4. The number of hydrogen-bond acceptors (Lipinski definition) is 2. The smallest absolute Gasteiger partial charge is 0.143 e. The summed E-state index contributed by atoms with van der Waals surface area (Å²) in [5.41, 5.74) is 3.15. The maximum Gasteiger partial charge on any atom is 0.143 e. The lowest BCUT2D eigenvalue weighted by Gasteiger charge is -2.17. The Morgan fingerprint density at radius 1 is 1.11 bits per heavy atom. The minimum absolute atomic E-state index is 0.244. The van der Waals surface area contributed by atoms with Crippen molar-refractivity contribution in [2.45, 2.75) is 26.3 Å². The van der Waals surface area contributed by atoms with Crippen LogP contribution in [-0.4, -0.2) is 11.4 Å². The van der Waals surface area contributed by atoms with Crippen LogP contribution in [0.5, 0.6) is 0 Å². The van der Waals surface area contributed by atoms with Crippen LogP contribution in [0.2, 0.25) is 0 Å². The summed E-state index contributed by atoms with van der Waals surface area (Å²) in [4.78, 5) is 4.54. The Bertz CT molecular complexity index is 627. The Balaban J connectivity index is 2.69. The van der Waals surface area contributed by atoms with Gasteiger partial charge in [0.15, 0.2) is 0 Å². The zero-order valence-corrected chi connectivity index (χ0v) is 11.4. The molecule has 2 rings (SSSR count). The summed E-state index contributed by atoms with van der Waals surface area (Å²) in [5, 5.41) is 1.36. The molecule has 0 radical (unpaired) electrons. The summed E-state index contributed by atoms with van der Waals surface area (Å²) in [6, 6.07) is 10.4. The number of hydrazine groups is 1. The van der Waals surface area contributed by atoms with Gasteiger partial charge in [-0.1, -0.05) is 24.3 Å². The number of amidine groups is 1. The predicted octanol–water partition coefficient (Wildman–Crippen LogP) is 2.99. The van der Waals surface area contributed by atoms with Crippen molar-refractivity contribution >= 4 is 16.6 Å². The Kier molecular flexibility index (Phi) is 3.53. The number of rotatable bonds is 1. The van der Waals surface area contributed by atoms with E-state index in [4.69, 9.17) is 5.84 Å². The Morgan fingerprint density at radius 3 is 2.32 bits per heavy atom. The largest absolute Gasteiger partial charge is 0.308 e. The molecule has 0 saturated heterocycles. The molecule has 0 unspecified atom stereocenters. The Hall–Kier alpha value is -1.94. The number of halogens is 1. The number of fused-ring (bicyclic) bond motifs is 1. The fourth-order valence-electron chi connectivity index (χ4n) is 1.97. The van der Waals surface area contributed by atoms with Crippen LogP contribution in [0.15, 0.2) is 41.4 Å². The summed E-state index contributed by atoms with van der Waals surface area (Å²) in [6.45, 7) is 5.95. The average molecular weight is 259 g/mol. The molecule has 0 aliphatic heterocycles. The molecule has 0 fully saturated rings. The van der Waals surface area contributed by atoms with Crippen LogP contribution in [0.1, 0.15) is 26.3 Å². The molecule has 3 nitrogen and oxygen atoms in total. The molecular weight excluding hydrogens is 241 g/mol. The SMILES string of the molecule is CC(C)(C)N=C(NN)c1ccc(F)c2ccccc12. The van der Waals surface area contributed by atoms with E-state index in [2.05, 4.69) is 10.4 Å². The van der Waals surface area contributed by atoms with Crippen molar-refractivity contribution in [3.05, 3.63) is 47.8 Å². The van der Waals surface area contributed by atoms with Gasteiger partial charge in [0.25, 0.3) is 0 Å². The van der Waals surface area contributed by atoms with Gasteiger partial charge in [0.1, 0.15) is 11.7 Å². The molecule has 4 heteroatoms. The number of hydrogen-bond donors (Lipinski definition) is 2. The van der Waals surface area contributed by atoms with Crippen LogP contribution in [0.4, 0.5) is 4.39 Å². The molecule has 19 heavy (non-hydrogen) atoms. The van der Waals surface area contributed by atoms with Crippen molar-refractivity contribution in [1.29, 1.82) is 0 Å². The second-order valence-electron chi connectivity index (χ2n) is 5.42. The highest BCUT2D eigenvalue weighted by atomic mass is 19.1. The van der Waals surface area contributed by atoms with E-state index in [1.54, 1.807) is 12.1 Å². The highest BCUT2D eigenvalue weighted by molar-refractivity contribution is 6.09. The summed E-state index contributed by atoms with van der Waals surface area (Å²) < 4.78 is 13.8. The molecule has 2 aromatic rings. The lowest BCUT2D eigenvalue weighted by Crippen LogP contribution is -2.33. The van der Waals surface area contributed by atoms with Gasteiger partial charge in [0.05, 0.1) is 5.54 Å². The van der Waals surface area contributed by atoms with Gasteiger partial charge in [0, 0.05) is 10.9 Å². The topological polar surface area (TPSA) is 50.4 Å². The van der Waals surface area contributed by atoms with Gasteiger partial charge in [-0.05, 0) is 38.3 Å². The second kappa shape index (κ2) is 4.97. The lowest BCUT2D eigenvalue weighted by atomic mass is 10.0. The summed E-state index contributed by atoms with van der Waals surface area (Å²) in [6.07, 6.45) is 0. The molecule has 0 aliphatic carbocycles. The number of nitrogens with one attached hydrogen (secondary N) is 1. The molecule has 2 aromatic carbocycles. The van der Waals surface area contributed by atoms with Crippen molar-refractivity contribution in [1.82, 2.24) is 5.43 Å². The van der Waals surface area contributed by atoms with E-state index in [1.165, 1.54) is 6.07 Å². The third kappa shape index (κ3) is 2.90. The van der Waals surface area contributed by atoms with E-state index >= 15 is 0 Å². The van der Waals surface area contributed by atoms with Crippen molar-refractivity contribution in [2.24, 2.45) is 10.8 Å². The lowest BCUT2D eigenvalue weighted by molar-refractivity contribution is 0.580. The molecular formula is C15H18FN3. The second-order valence-corrected chi connectivity index (χ2v) is 5.42. The quantitative estimate of drug-likeness (QED) is 0.358. The van der Waals surface area contributed by atoms with Gasteiger partial charge in [-0.25, -0.2) is 10.2 Å². The zero-order chi connectivity index (χ0) is 14.0. The molecule has 0 aromatic heterocycles. The van der Waals surface area contributed by atoms with Gasteiger partial charge >= 0.3 is 0 Å². The minimum atomic E-state index is -0.267. The van der Waals surface area contributed by atoms with Gasteiger partial charge in [-0.15, -0.1) is 0 Å². The average Bonchev–Trinajstić information content (AvgIpc) is 2.36.